The van der Waals surface area contributed by atoms with Crippen LogP contribution < -0.4 is 10.1 Å². The molecule has 0 aliphatic carbocycles. The third kappa shape index (κ3) is 3.22. The minimum Gasteiger partial charge on any atom is -0.496 e. The first-order valence-corrected chi connectivity index (χ1v) is 7.97. The monoisotopic (exact) mass is 289 g/mol. The molecule has 20 heavy (non-hydrogen) atoms. The summed E-state index contributed by atoms with van der Waals surface area (Å²) in [5, 5.41) is 5.44. The van der Waals surface area contributed by atoms with Gasteiger partial charge in [0, 0.05) is 10.3 Å². The number of rotatable bonds is 6. The zero-order chi connectivity index (χ0) is 14.5. The molecule has 0 saturated carbocycles. The largest absolute Gasteiger partial charge is 0.496 e. The molecule has 2 unspecified atom stereocenters. The fourth-order valence-electron chi connectivity index (χ4n) is 2.32. The number of ether oxygens (including phenoxy) is 1. The maximum absolute atomic E-state index is 5.27. The Morgan fingerprint density at radius 3 is 2.35 bits per heavy atom. The summed E-state index contributed by atoms with van der Waals surface area (Å²) in [6.45, 7) is 4.50. The molecule has 1 heterocycles. The minimum atomic E-state index is 0.231. The van der Waals surface area contributed by atoms with Crippen LogP contribution in [0.15, 0.2) is 35.7 Å². The number of thiophene rings is 1. The summed E-state index contributed by atoms with van der Waals surface area (Å²) >= 11 is 1.73. The van der Waals surface area contributed by atoms with Gasteiger partial charge in [0.15, 0.2) is 0 Å². The zero-order valence-corrected chi connectivity index (χ0v) is 13.5. The van der Waals surface area contributed by atoms with Crippen LogP contribution in [0.3, 0.4) is 0 Å². The Bertz CT molecular complexity index is 532. The van der Waals surface area contributed by atoms with Crippen LogP contribution in [0.5, 0.6) is 5.75 Å². The van der Waals surface area contributed by atoms with E-state index in [9.17, 15) is 0 Å². The van der Waals surface area contributed by atoms with Gasteiger partial charge in [0.25, 0.3) is 0 Å². The average molecular weight is 289 g/mol. The van der Waals surface area contributed by atoms with Crippen molar-refractivity contribution in [3.05, 3.63) is 51.7 Å². The second-order valence-electron chi connectivity index (χ2n) is 5.09. The topological polar surface area (TPSA) is 21.3 Å². The van der Waals surface area contributed by atoms with Crippen molar-refractivity contribution in [3.63, 3.8) is 0 Å². The first-order valence-electron chi connectivity index (χ1n) is 7.09. The van der Waals surface area contributed by atoms with Crippen molar-refractivity contribution >= 4 is 11.3 Å². The Labute approximate surface area is 125 Å². The van der Waals surface area contributed by atoms with Gasteiger partial charge in [-0.15, -0.1) is 11.3 Å². The molecule has 2 nitrogen and oxygen atoms in total. The zero-order valence-electron chi connectivity index (χ0n) is 12.6. The number of hydrogen-bond acceptors (Lipinski definition) is 3. The van der Waals surface area contributed by atoms with Gasteiger partial charge in [0.05, 0.1) is 13.2 Å². The van der Waals surface area contributed by atoms with Crippen molar-refractivity contribution in [2.24, 2.45) is 0 Å². The van der Waals surface area contributed by atoms with Crippen molar-refractivity contribution in [1.82, 2.24) is 5.32 Å². The Kier molecular flexibility index (Phi) is 5.21. The van der Waals surface area contributed by atoms with Gasteiger partial charge >= 0.3 is 0 Å². The molecule has 0 saturated heterocycles. The average Bonchev–Trinajstić information content (AvgIpc) is 2.96. The summed E-state index contributed by atoms with van der Waals surface area (Å²) < 4.78 is 5.27. The number of hydrogen-bond donors (Lipinski definition) is 1. The molecule has 1 aromatic heterocycles. The van der Waals surface area contributed by atoms with Crippen molar-refractivity contribution < 1.29 is 4.74 Å². The Balaban J connectivity index is 2.23. The van der Waals surface area contributed by atoms with E-state index in [-0.39, 0.29) is 6.04 Å². The Hall–Kier alpha value is -1.32. The van der Waals surface area contributed by atoms with Crippen molar-refractivity contribution in [1.29, 1.82) is 0 Å². The molecule has 2 rings (SSSR count). The van der Waals surface area contributed by atoms with Crippen LogP contribution in [-0.4, -0.2) is 14.2 Å². The molecule has 0 amide bonds. The van der Waals surface area contributed by atoms with Gasteiger partial charge in [-0.3, -0.25) is 0 Å². The number of benzene rings is 1. The fourth-order valence-corrected chi connectivity index (χ4v) is 3.31. The molecule has 0 spiro atoms. The molecule has 1 N–H and O–H groups in total. The molecule has 3 heteroatoms. The predicted octanol–water partition coefficient (Wildman–Crippen LogP) is 4.58. The summed E-state index contributed by atoms with van der Waals surface area (Å²) in [6.07, 6.45) is 1.18. The molecular weight excluding hydrogens is 266 g/mol. The molecular formula is C17H23NOS. The van der Waals surface area contributed by atoms with Crippen molar-refractivity contribution in [3.8, 4) is 5.75 Å². The van der Waals surface area contributed by atoms with Gasteiger partial charge in [-0.1, -0.05) is 38.1 Å². The normalized spacial score (nSPS) is 14.0. The smallest absolute Gasteiger partial charge is 0.129 e. The first-order chi connectivity index (χ1) is 9.69. The summed E-state index contributed by atoms with van der Waals surface area (Å²) in [6, 6.07) is 11.3. The van der Waals surface area contributed by atoms with Gasteiger partial charge < -0.3 is 10.1 Å². The van der Waals surface area contributed by atoms with Crippen molar-refractivity contribution in [2.45, 2.75) is 32.2 Å². The van der Waals surface area contributed by atoms with Crippen LogP contribution in [0.1, 0.15) is 48.2 Å². The number of nitrogens with one attached hydrogen (secondary N) is 1. The highest BCUT2D eigenvalue weighted by Crippen LogP contribution is 2.31. The van der Waals surface area contributed by atoms with Crippen LogP contribution in [0.25, 0.3) is 0 Å². The van der Waals surface area contributed by atoms with Gasteiger partial charge in [-0.2, -0.15) is 0 Å². The van der Waals surface area contributed by atoms with E-state index in [0.717, 1.165) is 5.75 Å². The standard InChI is InChI=1S/C17H23NOS/c1-5-12(2)13-6-8-14(9-7-13)17(18-3)16-10-15(19-4)11-20-16/h6-12,17-18H,5H2,1-4H3. The molecule has 0 fully saturated rings. The lowest BCUT2D eigenvalue weighted by atomic mass is 9.95. The van der Waals surface area contributed by atoms with Crippen LogP contribution in [-0.2, 0) is 0 Å². The van der Waals surface area contributed by atoms with Gasteiger partial charge in [0.1, 0.15) is 5.75 Å². The summed E-state index contributed by atoms with van der Waals surface area (Å²) in [4.78, 5) is 1.28. The minimum absolute atomic E-state index is 0.231. The summed E-state index contributed by atoms with van der Waals surface area (Å²) in [5.74, 6) is 1.56. The lowest BCUT2D eigenvalue weighted by Crippen LogP contribution is -2.16. The van der Waals surface area contributed by atoms with E-state index >= 15 is 0 Å². The molecule has 2 aromatic rings. The molecule has 108 valence electrons. The lowest BCUT2D eigenvalue weighted by Gasteiger charge is -2.16. The molecule has 1 aromatic carbocycles. The lowest BCUT2D eigenvalue weighted by molar-refractivity contribution is 0.416. The predicted molar refractivity (Wildman–Crippen MR) is 86.9 cm³/mol. The third-order valence-electron chi connectivity index (χ3n) is 3.86. The summed E-state index contributed by atoms with van der Waals surface area (Å²) in [5.41, 5.74) is 2.71. The molecule has 0 aliphatic rings. The van der Waals surface area contributed by atoms with Crippen LogP contribution in [0.2, 0.25) is 0 Å². The second-order valence-corrected chi connectivity index (χ2v) is 6.03. The molecule has 0 aliphatic heterocycles. The molecule has 0 radical (unpaired) electrons. The van der Waals surface area contributed by atoms with Gasteiger partial charge in [-0.25, -0.2) is 0 Å². The van der Waals surface area contributed by atoms with E-state index < -0.39 is 0 Å². The van der Waals surface area contributed by atoms with Gasteiger partial charge in [0.2, 0.25) is 0 Å². The fraction of sp³-hybridized carbons (Fsp3) is 0.412. The van der Waals surface area contributed by atoms with E-state index in [2.05, 4.69) is 49.5 Å². The van der Waals surface area contributed by atoms with E-state index in [0.29, 0.717) is 5.92 Å². The maximum Gasteiger partial charge on any atom is 0.129 e. The van der Waals surface area contributed by atoms with Crippen LogP contribution in [0, 0.1) is 0 Å². The Morgan fingerprint density at radius 1 is 1.20 bits per heavy atom. The van der Waals surface area contributed by atoms with Gasteiger partial charge in [-0.05, 0) is 36.6 Å². The van der Waals surface area contributed by atoms with E-state index in [1.807, 2.05) is 12.4 Å². The highest BCUT2D eigenvalue weighted by Gasteiger charge is 2.15. The summed E-state index contributed by atoms with van der Waals surface area (Å²) in [7, 11) is 3.71. The molecule has 2 atom stereocenters. The highest BCUT2D eigenvalue weighted by atomic mass is 32.1. The Morgan fingerprint density at radius 2 is 1.85 bits per heavy atom. The van der Waals surface area contributed by atoms with E-state index in [4.69, 9.17) is 4.74 Å². The SMILES string of the molecule is CCC(C)c1ccc(C(NC)c2cc(OC)cs2)cc1. The first kappa shape index (κ1) is 15.1. The molecule has 0 bridgehead atoms. The highest BCUT2D eigenvalue weighted by molar-refractivity contribution is 7.10. The van der Waals surface area contributed by atoms with Crippen molar-refractivity contribution in [2.75, 3.05) is 14.2 Å². The third-order valence-corrected chi connectivity index (χ3v) is 4.83. The van der Waals surface area contributed by atoms with Crippen LogP contribution in [0.4, 0.5) is 0 Å². The quantitative estimate of drug-likeness (QED) is 0.840. The van der Waals surface area contributed by atoms with E-state index in [1.165, 1.54) is 22.4 Å². The second kappa shape index (κ2) is 6.91. The van der Waals surface area contributed by atoms with Crippen LogP contribution >= 0.6 is 11.3 Å². The maximum atomic E-state index is 5.27. The van der Waals surface area contributed by atoms with E-state index in [1.54, 1.807) is 18.4 Å². The number of methoxy groups -OCH3 is 1.